The van der Waals surface area contributed by atoms with Gasteiger partial charge in [-0.25, -0.2) is 0 Å². The Labute approximate surface area is 103 Å². The Morgan fingerprint density at radius 3 is 2.93 bits per heavy atom. The number of halogens is 2. The molecule has 0 saturated carbocycles. The Bertz CT molecular complexity index is 264. The van der Waals surface area contributed by atoms with Crippen molar-refractivity contribution in [2.24, 2.45) is 0 Å². The van der Waals surface area contributed by atoms with Crippen molar-refractivity contribution >= 4 is 38.9 Å². The molecule has 0 bridgehead atoms. The van der Waals surface area contributed by atoms with Gasteiger partial charge in [0.05, 0.1) is 3.79 Å². The van der Waals surface area contributed by atoms with E-state index in [4.69, 9.17) is 11.6 Å². The topological polar surface area (TPSA) is 12.0 Å². The number of nitrogens with one attached hydrogen (secondary N) is 1. The number of thiophene rings is 1. The first kappa shape index (κ1) is 12.5. The summed E-state index contributed by atoms with van der Waals surface area (Å²) in [6.45, 7) is 3.97. The zero-order valence-electron chi connectivity index (χ0n) is 8.22. The molecule has 0 radical (unpaired) electrons. The first-order valence-electron chi connectivity index (χ1n) is 4.81. The molecule has 1 heterocycles. The average molecular weight is 297 g/mol. The smallest absolute Gasteiger partial charge is 0.0701 e. The van der Waals surface area contributed by atoms with Gasteiger partial charge < -0.3 is 5.32 Å². The summed E-state index contributed by atoms with van der Waals surface area (Å²) in [6, 6.07) is 4.21. The number of alkyl halides is 1. The maximum atomic E-state index is 6.08. The molecule has 0 spiro atoms. The van der Waals surface area contributed by atoms with Gasteiger partial charge in [-0.1, -0.05) is 13.3 Å². The van der Waals surface area contributed by atoms with Gasteiger partial charge in [0.25, 0.3) is 0 Å². The van der Waals surface area contributed by atoms with E-state index in [2.05, 4.69) is 40.3 Å². The molecule has 14 heavy (non-hydrogen) atoms. The molecule has 1 N–H and O–H groups in total. The predicted molar refractivity (Wildman–Crippen MR) is 68.3 cm³/mol. The average Bonchev–Trinajstić information content (AvgIpc) is 2.52. The molecule has 1 unspecified atom stereocenters. The summed E-state index contributed by atoms with van der Waals surface area (Å²) in [5, 5.41) is 3.62. The second kappa shape index (κ2) is 6.83. The Hall–Kier alpha value is 0.430. The van der Waals surface area contributed by atoms with Crippen LogP contribution in [0.4, 0.5) is 0 Å². The fourth-order valence-corrected chi connectivity index (χ4v) is 2.99. The summed E-state index contributed by atoms with van der Waals surface area (Å²) in [5.41, 5.74) is 0. The third kappa shape index (κ3) is 4.78. The molecular formula is C10H15BrClNS. The maximum Gasteiger partial charge on any atom is 0.0701 e. The maximum absolute atomic E-state index is 6.08. The van der Waals surface area contributed by atoms with Gasteiger partial charge in [-0.15, -0.1) is 22.9 Å². The van der Waals surface area contributed by atoms with Crippen molar-refractivity contribution < 1.29 is 0 Å². The molecule has 80 valence electrons. The van der Waals surface area contributed by atoms with E-state index in [1.54, 1.807) is 11.3 Å². The van der Waals surface area contributed by atoms with E-state index in [0.717, 1.165) is 25.9 Å². The Morgan fingerprint density at radius 2 is 2.36 bits per heavy atom. The van der Waals surface area contributed by atoms with E-state index in [-0.39, 0.29) is 5.38 Å². The highest BCUT2D eigenvalue weighted by molar-refractivity contribution is 9.11. The normalized spacial score (nSPS) is 13.1. The van der Waals surface area contributed by atoms with E-state index in [0.29, 0.717) is 0 Å². The van der Waals surface area contributed by atoms with Gasteiger partial charge >= 0.3 is 0 Å². The zero-order chi connectivity index (χ0) is 10.4. The summed E-state index contributed by atoms with van der Waals surface area (Å²) >= 11 is 11.3. The first-order chi connectivity index (χ1) is 6.72. The van der Waals surface area contributed by atoms with Crippen LogP contribution >= 0.6 is 38.9 Å². The highest BCUT2D eigenvalue weighted by Crippen LogP contribution is 2.21. The minimum absolute atomic E-state index is 0.267. The largest absolute Gasteiger partial charge is 0.310 e. The van der Waals surface area contributed by atoms with E-state index in [9.17, 15) is 0 Å². The minimum Gasteiger partial charge on any atom is -0.310 e. The zero-order valence-corrected chi connectivity index (χ0v) is 11.4. The molecule has 1 rings (SSSR count). The SMILES string of the molecule is CCCC(Cl)CNCc1ccc(Br)s1. The van der Waals surface area contributed by atoms with Crippen LogP contribution in [0.1, 0.15) is 24.6 Å². The molecule has 0 aliphatic carbocycles. The number of hydrogen-bond donors (Lipinski definition) is 1. The van der Waals surface area contributed by atoms with Gasteiger partial charge in [0.2, 0.25) is 0 Å². The lowest BCUT2D eigenvalue weighted by Crippen LogP contribution is -2.22. The lowest BCUT2D eigenvalue weighted by atomic mass is 10.2. The summed E-state index contributed by atoms with van der Waals surface area (Å²) in [6.07, 6.45) is 2.24. The van der Waals surface area contributed by atoms with Gasteiger partial charge in [0.1, 0.15) is 0 Å². The van der Waals surface area contributed by atoms with Crippen LogP contribution in [0, 0.1) is 0 Å². The third-order valence-corrected chi connectivity index (χ3v) is 3.89. The fraction of sp³-hybridized carbons (Fsp3) is 0.600. The van der Waals surface area contributed by atoms with Crippen molar-refractivity contribution in [3.8, 4) is 0 Å². The van der Waals surface area contributed by atoms with Crippen molar-refractivity contribution in [2.45, 2.75) is 31.7 Å². The van der Waals surface area contributed by atoms with Crippen LogP contribution in [0.2, 0.25) is 0 Å². The number of rotatable bonds is 6. The molecule has 0 amide bonds. The molecule has 0 saturated heterocycles. The predicted octanol–water partition coefficient (Wildman–Crippen LogP) is 4.01. The fourth-order valence-electron chi connectivity index (χ4n) is 1.21. The summed E-state index contributed by atoms with van der Waals surface area (Å²) in [7, 11) is 0. The van der Waals surface area contributed by atoms with Crippen LogP contribution < -0.4 is 5.32 Å². The van der Waals surface area contributed by atoms with Crippen LogP contribution in [-0.4, -0.2) is 11.9 Å². The molecule has 0 aliphatic rings. The quantitative estimate of drug-likeness (QED) is 0.782. The van der Waals surface area contributed by atoms with Crippen LogP contribution in [-0.2, 0) is 6.54 Å². The second-order valence-corrected chi connectivity index (χ2v) is 6.39. The monoisotopic (exact) mass is 295 g/mol. The number of hydrogen-bond acceptors (Lipinski definition) is 2. The molecule has 1 nitrogen and oxygen atoms in total. The highest BCUT2D eigenvalue weighted by atomic mass is 79.9. The molecule has 1 aromatic heterocycles. The van der Waals surface area contributed by atoms with Crippen LogP contribution in [0.5, 0.6) is 0 Å². The second-order valence-electron chi connectivity index (χ2n) is 3.22. The first-order valence-corrected chi connectivity index (χ1v) is 6.86. The van der Waals surface area contributed by atoms with E-state index in [1.807, 2.05) is 0 Å². The molecule has 0 fully saturated rings. The van der Waals surface area contributed by atoms with Gasteiger partial charge in [0, 0.05) is 23.3 Å². The van der Waals surface area contributed by atoms with Gasteiger partial charge in [-0.3, -0.25) is 0 Å². The molecule has 0 aromatic carbocycles. The molecule has 1 aromatic rings. The van der Waals surface area contributed by atoms with Crippen LogP contribution in [0.25, 0.3) is 0 Å². The highest BCUT2D eigenvalue weighted by Gasteiger charge is 2.02. The third-order valence-electron chi connectivity index (χ3n) is 1.90. The Balaban J connectivity index is 2.15. The van der Waals surface area contributed by atoms with Gasteiger partial charge in [-0.2, -0.15) is 0 Å². The van der Waals surface area contributed by atoms with Crippen molar-refractivity contribution in [3.63, 3.8) is 0 Å². The minimum atomic E-state index is 0.267. The van der Waals surface area contributed by atoms with Crippen LogP contribution in [0.15, 0.2) is 15.9 Å². The van der Waals surface area contributed by atoms with Gasteiger partial charge in [0.15, 0.2) is 0 Å². The van der Waals surface area contributed by atoms with Crippen molar-refractivity contribution in [1.29, 1.82) is 0 Å². The standard InChI is InChI=1S/C10H15BrClNS/c1-2-3-8(12)6-13-7-9-4-5-10(11)14-9/h4-5,8,13H,2-3,6-7H2,1H3. The molecule has 4 heteroatoms. The summed E-state index contributed by atoms with van der Waals surface area (Å²) in [4.78, 5) is 1.34. The van der Waals surface area contributed by atoms with Crippen molar-refractivity contribution in [1.82, 2.24) is 5.32 Å². The Kier molecular flexibility index (Phi) is 6.10. The molecule has 1 atom stereocenters. The summed E-state index contributed by atoms with van der Waals surface area (Å²) in [5.74, 6) is 0. The molecular weight excluding hydrogens is 282 g/mol. The van der Waals surface area contributed by atoms with E-state index in [1.165, 1.54) is 8.66 Å². The lowest BCUT2D eigenvalue weighted by Gasteiger charge is -2.08. The van der Waals surface area contributed by atoms with Gasteiger partial charge in [-0.05, 0) is 34.5 Å². The van der Waals surface area contributed by atoms with Crippen molar-refractivity contribution in [2.75, 3.05) is 6.54 Å². The summed E-state index contributed by atoms with van der Waals surface area (Å²) < 4.78 is 1.19. The van der Waals surface area contributed by atoms with E-state index >= 15 is 0 Å². The van der Waals surface area contributed by atoms with E-state index < -0.39 is 0 Å². The lowest BCUT2D eigenvalue weighted by molar-refractivity contribution is 0.627. The van der Waals surface area contributed by atoms with Crippen molar-refractivity contribution in [3.05, 3.63) is 20.8 Å². The Morgan fingerprint density at radius 1 is 1.57 bits per heavy atom. The molecule has 0 aliphatic heterocycles. The van der Waals surface area contributed by atoms with Crippen LogP contribution in [0.3, 0.4) is 0 Å².